The Kier molecular flexibility index (Phi) is 4.10. The summed E-state index contributed by atoms with van der Waals surface area (Å²) in [5.41, 5.74) is 2.84. The van der Waals surface area contributed by atoms with Gasteiger partial charge in [-0.15, -0.1) is 0 Å². The Morgan fingerprint density at radius 1 is 1.47 bits per heavy atom. The molecule has 2 aromatic rings. The average Bonchev–Trinajstić information content (AvgIpc) is 2.72. The molecule has 0 saturated heterocycles. The first-order chi connectivity index (χ1) is 9.01. The van der Waals surface area contributed by atoms with Gasteiger partial charge in [0.15, 0.2) is 0 Å². The van der Waals surface area contributed by atoms with Crippen LogP contribution < -0.4 is 5.32 Å². The molecule has 1 aromatic carbocycles. The fraction of sp³-hybridized carbons (Fsp3) is 0.357. The summed E-state index contributed by atoms with van der Waals surface area (Å²) in [6.45, 7) is 4.04. The van der Waals surface area contributed by atoms with E-state index >= 15 is 0 Å². The summed E-state index contributed by atoms with van der Waals surface area (Å²) >= 11 is 5.69. The largest absolute Gasteiger partial charge is 0.376 e. The summed E-state index contributed by atoms with van der Waals surface area (Å²) in [6.07, 6.45) is 2.78. The van der Waals surface area contributed by atoms with E-state index in [1.54, 1.807) is 10.7 Å². The maximum absolute atomic E-state index is 13.5. The van der Waals surface area contributed by atoms with Crippen molar-refractivity contribution in [1.29, 1.82) is 0 Å². The number of halogens is 2. The van der Waals surface area contributed by atoms with Crippen LogP contribution in [0.2, 0.25) is 5.02 Å². The lowest BCUT2D eigenvalue weighted by Gasteiger charge is -2.15. The van der Waals surface area contributed by atoms with Crippen LogP contribution in [-0.4, -0.2) is 9.78 Å². The lowest BCUT2D eigenvalue weighted by molar-refractivity contribution is 0.624. The Labute approximate surface area is 117 Å². The molecule has 0 fully saturated rings. The molecule has 0 radical (unpaired) electrons. The van der Waals surface area contributed by atoms with Crippen LogP contribution in [0.4, 0.5) is 10.1 Å². The predicted molar refractivity (Wildman–Crippen MR) is 76.0 cm³/mol. The summed E-state index contributed by atoms with van der Waals surface area (Å²) in [5, 5.41) is 7.86. The molecule has 3 nitrogen and oxygen atoms in total. The molecule has 1 aromatic heterocycles. The molecule has 0 spiro atoms. The highest BCUT2D eigenvalue weighted by Gasteiger charge is 2.12. The second-order valence-electron chi connectivity index (χ2n) is 4.56. The molecule has 1 unspecified atom stereocenters. The first kappa shape index (κ1) is 13.9. The van der Waals surface area contributed by atoms with Gasteiger partial charge in [-0.2, -0.15) is 5.10 Å². The van der Waals surface area contributed by atoms with Crippen LogP contribution in [0.25, 0.3) is 0 Å². The fourth-order valence-electron chi connectivity index (χ4n) is 2.01. The van der Waals surface area contributed by atoms with Gasteiger partial charge in [-0.05, 0) is 31.0 Å². The topological polar surface area (TPSA) is 29.9 Å². The second-order valence-corrected chi connectivity index (χ2v) is 4.96. The van der Waals surface area contributed by atoms with Crippen molar-refractivity contribution in [1.82, 2.24) is 9.78 Å². The van der Waals surface area contributed by atoms with Gasteiger partial charge in [0.1, 0.15) is 5.82 Å². The van der Waals surface area contributed by atoms with E-state index in [9.17, 15) is 4.39 Å². The zero-order chi connectivity index (χ0) is 14.0. The molecule has 2 rings (SSSR count). The first-order valence-electron chi connectivity index (χ1n) is 6.25. The molecular weight excluding hydrogens is 265 g/mol. The van der Waals surface area contributed by atoms with Crippen LogP contribution in [0.5, 0.6) is 0 Å². The number of aryl methyl sites for hydroxylation is 2. The molecule has 0 bridgehead atoms. The molecule has 0 amide bonds. The number of anilines is 1. The zero-order valence-electron chi connectivity index (χ0n) is 11.2. The van der Waals surface area contributed by atoms with Crippen LogP contribution in [0, 0.1) is 5.82 Å². The van der Waals surface area contributed by atoms with E-state index in [0.29, 0.717) is 0 Å². The molecule has 1 atom stereocenters. The molecule has 19 heavy (non-hydrogen) atoms. The lowest BCUT2D eigenvalue weighted by atomic mass is 10.1. The van der Waals surface area contributed by atoms with Gasteiger partial charge in [0.2, 0.25) is 0 Å². The number of benzene rings is 1. The summed E-state index contributed by atoms with van der Waals surface area (Å²) in [4.78, 5) is 0. The fourth-order valence-corrected chi connectivity index (χ4v) is 2.13. The Hall–Kier alpha value is -1.55. The Morgan fingerprint density at radius 2 is 2.21 bits per heavy atom. The third-order valence-corrected chi connectivity index (χ3v) is 3.36. The highest BCUT2D eigenvalue weighted by molar-refractivity contribution is 6.30. The van der Waals surface area contributed by atoms with Gasteiger partial charge in [-0.25, -0.2) is 4.39 Å². The Bertz CT molecular complexity index is 580. The molecule has 1 heterocycles. The number of aromatic nitrogens is 2. The van der Waals surface area contributed by atoms with E-state index in [1.165, 1.54) is 6.07 Å². The molecule has 0 saturated carbocycles. The van der Waals surface area contributed by atoms with Crippen LogP contribution in [0.3, 0.4) is 0 Å². The van der Waals surface area contributed by atoms with Gasteiger partial charge in [0, 0.05) is 19.3 Å². The van der Waals surface area contributed by atoms with Crippen LogP contribution in [0.15, 0.2) is 24.4 Å². The second kappa shape index (κ2) is 5.61. The third-order valence-electron chi connectivity index (χ3n) is 3.06. The van der Waals surface area contributed by atoms with E-state index in [-0.39, 0.29) is 11.1 Å². The van der Waals surface area contributed by atoms with Crippen molar-refractivity contribution in [3.8, 4) is 0 Å². The maximum atomic E-state index is 13.5. The zero-order valence-corrected chi connectivity index (χ0v) is 12.0. The van der Waals surface area contributed by atoms with E-state index < -0.39 is 5.82 Å². The van der Waals surface area contributed by atoms with Crippen molar-refractivity contribution in [3.05, 3.63) is 46.5 Å². The summed E-state index contributed by atoms with van der Waals surface area (Å²) in [6, 6.07) is 4.85. The van der Waals surface area contributed by atoms with Gasteiger partial charge in [0.25, 0.3) is 0 Å². The van der Waals surface area contributed by atoms with E-state index in [0.717, 1.165) is 23.4 Å². The standard InChI is InChI=1S/C14H17ClFN3/c1-4-13-14(8-19(3)18-13)17-9(2)10-5-6-11(15)12(16)7-10/h5-9,17H,4H2,1-3H3. The molecule has 102 valence electrons. The van der Waals surface area contributed by atoms with E-state index in [1.807, 2.05) is 26.2 Å². The predicted octanol–water partition coefficient (Wildman–Crippen LogP) is 3.95. The van der Waals surface area contributed by atoms with Crippen molar-refractivity contribution in [2.24, 2.45) is 7.05 Å². The van der Waals surface area contributed by atoms with Crippen molar-refractivity contribution in [2.75, 3.05) is 5.32 Å². The number of rotatable bonds is 4. The quantitative estimate of drug-likeness (QED) is 0.920. The smallest absolute Gasteiger partial charge is 0.142 e. The monoisotopic (exact) mass is 281 g/mol. The minimum atomic E-state index is -0.394. The summed E-state index contributed by atoms with van der Waals surface area (Å²) in [7, 11) is 1.89. The number of nitrogens with zero attached hydrogens (tertiary/aromatic N) is 2. The molecule has 1 N–H and O–H groups in total. The van der Waals surface area contributed by atoms with Crippen molar-refractivity contribution in [3.63, 3.8) is 0 Å². The van der Waals surface area contributed by atoms with Crippen LogP contribution in [0.1, 0.15) is 31.1 Å². The minimum absolute atomic E-state index is 0.0127. The first-order valence-corrected chi connectivity index (χ1v) is 6.63. The highest BCUT2D eigenvalue weighted by atomic mass is 35.5. The molecule has 0 aliphatic rings. The van der Waals surface area contributed by atoms with Gasteiger partial charge >= 0.3 is 0 Å². The van der Waals surface area contributed by atoms with Crippen LogP contribution in [-0.2, 0) is 13.5 Å². The van der Waals surface area contributed by atoms with Gasteiger partial charge in [-0.3, -0.25) is 4.68 Å². The Balaban J connectivity index is 2.20. The normalized spacial score (nSPS) is 12.5. The number of hydrogen-bond donors (Lipinski definition) is 1. The van der Waals surface area contributed by atoms with Gasteiger partial charge in [0.05, 0.1) is 16.4 Å². The molecule has 5 heteroatoms. The van der Waals surface area contributed by atoms with E-state index in [4.69, 9.17) is 11.6 Å². The highest BCUT2D eigenvalue weighted by Crippen LogP contribution is 2.24. The van der Waals surface area contributed by atoms with Crippen molar-refractivity contribution >= 4 is 17.3 Å². The van der Waals surface area contributed by atoms with Crippen molar-refractivity contribution in [2.45, 2.75) is 26.3 Å². The maximum Gasteiger partial charge on any atom is 0.142 e. The Morgan fingerprint density at radius 3 is 2.84 bits per heavy atom. The third kappa shape index (κ3) is 3.07. The van der Waals surface area contributed by atoms with Crippen molar-refractivity contribution < 1.29 is 4.39 Å². The minimum Gasteiger partial charge on any atom is -0.376 e. The van der Waals surface area contributed by atoms with Gasteiger partial charge in [-0.1, -0.05) is 24.6 Å². The van der Waals surface area contributed by atoms with E-state index in [2.05, 4.69) is 17.3 Å². The van der Waals surface area contributed by atoms with Gasteiger partial charge < -0.3 is 5.32 Å². The lowest BCUT2D eigenvalue weighted by Crippen LogP contribution is -2.07. The number of hydrogen-bond acceptors (Lipinski definition) is 2. The summed E-state index contributed by atoms with van der Waals surface area (Å²) < 4.78 is 15.2. The SMILES string of the molecule is CCc1nn(C)cc1NC(C)c1ccc(Cl)c(F)c1. The molecule has 0 aliphatic carbocycles. The number of nitrogens with one attached hydrogen (secondary N) is 1. The molecular formula is C14H17ClFN3. The summed E-state index contributed by atoms with van der Waals surface area (Å²) in [5.74, 6) is -0.394. The van der Waals surface area contributed by atoms with Crippen LogP contribution >= 0.6 is 11.6 Å². The average molecular weight is 282 g/mol. The molecule has 0 aliphatic heterocycles.